The van der Waals surface area contributed by atoms with Gasteiger partial charge in [0.1, 0.15) is 6.04 Å². The molecule has 2 saturated heterocycles. The largest absolute Gasteiger partial charge is 0.338 e. The highest BCUT2D eigenvalue weighted by Crippen LogP contribution is 2.28. The molecular formula is C22H33N3O2. The fraction of sp³-hybridized carbons (Fsp3) is 0.636. The summed E-state index contributed by atoms with van der Waals surface area (Å²) in [5.41, 5.74) is 0.931. The van der Waals surface area contributed by atoms with Crippen LogP contribution in [0.4, 0.5) is 0 Å². The highest BCUT2D eigenvalue weighted by molar-refractivity contribution is 5.89. The van der Waals surface area contributed by atoms with Crippen LogP contribution in [0.1, 0.15) is 51.1 Å². The lowest BCUT2D eigenvalue weighted by molar-refractivity contribution is -0.148. The molecule has 2 aliphatic rings. The summed E-state index contributed by atoms with van der Waals surface area (Å²) in [5.74, 6) is 0.899. The number of nitrogens with zero attached hydrogens (tertiary/aromatic N) is 3. The molecule has 2 fully saturated rings. The SMILES string of the molecule is CC(C)CCN1CCN(C(=O)C(c2ccccc2)N2CCCCC2=O)CC1. The maximum atomic E-state index is 13.4. The molecule has 1 aromatic rings. The van der Waals surface area contributed by atoms with Gasteiger partial charge in [0, 0.05) is 39.1 Å². The van der Waals surface area contributed by atoms with Crippen molar-refractivity contribution >= 4 is 11.8 Å². The minimum Gasteiger partial charge on any atom is -0.338 e. The Morgan fingerprint density at radius 3 is 2.33 bits per heavy atom. The molecule has 0 saturated carbocycles. The highest BCUT2D eigenvalue weighted by atomic mass is 16.2. The van der Waals surface area contributed by atoms with Crippen LogP contribution < -0.4 is 0 Å². The molecule has 0 aromatic heterocycles. The van der Waals surface area contributed by atoms with E-state index in [4.69, 9.17) is 0 Å². The Kier molecular flexibility index (Phi) is 6.89. The quantitative estimate of drug-likeness (QED) is 0.772. The van der Waals surface area contributed by atoms with Gasteiger partial charge in [-0.25, -0.2) is 0 Å². The first-order valence-electron chi connectivity index (χ1n) is 10.4. The number of likely N-dealkylation sites (tertiary alicyclic amines) is 1. The fourth-order valence-corrected chi connectivity index (χ4v) is 4.00. The van der Waals surface area contributed by atoms with Crippen molar-refractivity contribution in [1.82, 2.24) is 14.7 Å². The average molecular weight is 372 g/mol. The van der Waals surface area contributed by atoms with Crippen LogP contribution in [-0.4, -0.2) is 65.8 Å². The van der Waals surface area contributed by atoms with E-state index in [9.17, 15) is 9.59 Å². The first-order valence-corrected chi connectivity index (χ1v) is 10.4. The molecule has 5 nitrogen and oxygen atoms in total. The van der Waals surface area contributed by atoms with E-state index in [1.165, 1.54) is 6.42 Å². The smallest absolute Gasteiger partial charge is 0.250 e. The Labute approximate surface area is 163 Å². The van der Waals surface area contributed by atoms with Gasteiger partial charge in [-0.05, 0) is 37.3 Å². The van der Waals surface area contributed by atoms with Gasteiger partial charge in [0.2, 0.25) is 11.8 Å². The summed E-state index contributed by atoms with van der Waals surface area (Å²) in [7, 11) is 0. The molecule has 2 amide bonds. The second kappa shape index (κ2) is 9.36. The molecule has 3 rings (SSSR count). The summed E-state index contributed by atoms with van der Waals surface area (Å²) in [6.45, 7) is 9.64. The van der Waals surface area contributed by atoms with E-state index >= 15 is 0 Å². The monoisotopic (exact) mass is 371 g/mol. The third-order valence-corrected chi connectivity index (χ3v) is 5.73. The molecule has 0 bridgehead atoms. The van der Waals surface area contributed by atoms with Crippen molar-refractivity contribution in [2.45, 2.75) is 45.6 Å². The van der Waals surface area contributed by atoms with E-state index < -0.39 is 6.04 Å². The number of hydrogen-bond acceptors (Lipinski definition) is 3. The second-order valence-corrected chi connectivity index (χ2v) is 8.21. The van der Waals surface area contributed by atoms with E-state index in [1.807, 2.05) is 40.1 Å². The number of hydrogen-bond donors (Lipinski definition) is 0. The zero-order valence-corrected chi connectivity index (χ0v) is 16.8. The zero-order chi connectivity index (χ0) is 19.2. The molecule has 1 atom stereocenters. The maximum Gasteiger partial charge on any atom is 0.250 e. The number of carbonyl (C=O) groups is 2. The summed E-state index contributed by atoms with van der Waals surface area (Å²) in [6.07, 6.45) is 3.66. The molecule has 0 spiro atoms. The van der Waals surface area contributed by atoms with Crippen molar-refractivity contribution in [2.24, 2.45) is 5.92 Å². The minimum atomic E-state index is -0.471. The van der Waals surface area contributed by atoms with Crippen LogP contribution in [-0.2, 0) is 9.59 Å². The van der Waals surface area contributed by atoms with Crippen LogP contribution in [0.15, 0.2) is 30.3 Å². The Morgan fingerprint density at radius 1 is 1.00 bits per heavy atom. The van der Waals surface area contributed by atoms with Crippen molar-refractivity contribution in [3.8, 4) is 0 Å². The summed E-state index contributed by atoms with van der Waals surface area (Å²) in [4.78, 5) is 32.2. The average Bonchev–Trinajstić information content (AvgIpc) is 2.69. The van der Waals surface area contributed by atoms with E-state index in [0.29, 0.717) is 18.9 Å². The molecule has 0 aliphatic carbocycles. The number of piperidine rings is 1. The van der Waals surface area contributed by atoms with E-state index in [1.54, 1.807) is 0 Å². The number of carbonyl (C=O) groups excluding carboxylic acids is 2. The van der Waals surface area contributed by atoms with Gasteiger partial charge in [0.05, 0.1) is 0 Å². The summed E-state index contributed by atoms with van der Waals surface area (Å²) < 4.78 is 0. The Bertz CT molecular complexity index is 624. The third kappa shape index (κ3) is 5.10. The van der Waals surface area contributed by atoms with Crippen molar-refractivity contribution in [3.05, 3.63) is 35.9 Å². The van der Waals surface area contributed by atoms with Gasteiger partial charge < -0.3 is 9.80 Å². The lowest BCUT2D eigenvalue weighted by Gasteiger charge is -2.40. The second-order valence-electron chi connectivity index (χ2n) is 8.21. The van der Waals surface area contributed by atoms with Crippen molar-refractivity contribution in [1.29, 1.82) is 0 Å². The van der Waals surface area contributed by atoms with Crippen LogP contribution in [0.25, 0.3) is 0 Å². The molecular weight excluding hydrogens is 338 g/mol. The molecule has 2 aliphatic heterocycles. The van der Waals surface area contributed by atoms with E-state index in [-0.39, 0.29) is 11.8 Å². The summed E-state index contributed by atoms with van der Waals surface area (Å²) in [5, 5.41) is 0. The fourth-order valence-electron chi connectivity index (χ4n) is 4.00. The molecule has 0 N–H and O–H groups in total. The molecule has 0 radical (unpaired) electrons. The van der Waals surface area contributed by atoms with Crippen LogP contribution in [0, 0.1) is 5.92 Å². The van der Waals surface area contributed by atoms with Gasteiger partial charge >= 0.3 is 0 Å². The van der Waals surface area contributed by atoms with Gasteiger partial charge in [-0.1, -0.05) is 44.2 Å². The first-order chi connectivity index (χ1) is 13.1. The van der Waals surface area contributed by atoms with Gasteiger partial charge in [-0.3, -0.25) is 14.5 Å². The number of benzene rings is 1. The molecule has 2 heterocycles. The van der Waals surface area contributed by atoms with Crippen LogP contribution >= 0.6 is 0 Å². The predicted octanol–water partition coefficient (Wildman–Crippen LogP) is 2.93. The number of piperazine rings is 1. The lowest BCUT2D eigenvalue weighted by atomic mass is 9.99. The highest BCUT2D eigenvalue weighted by Gasteiger charge is 2.36. The Morgan fingerprint density at radius 2 is 1.70 bits per heavy atom. The molecule has 27 heavy (non-hydrogen) atoms. The lowest BCUT2D eigenvalue weighted by Crippen LogP contribution is -2.53. The molecule has 5 heteroatoms. The van der Waals surface area contributed by atoms with Gasteiger partial charge in [0.25, 0.3) is 0 Å². The zero-order valence-electron chi connectivity index (χ0n) is 16.8. The van der Waals surface area contributed by atoms with Crippen molar-refractivity contribution in [2.75, 3.05) is 39.3 Å². The minimum absolute atomic E-state index is 0.0833. The van der Waals surface area contributed by atoms with Gasteiger partial charge in [-0.15, -0.1) is 0 Å². The first kappa shape index (κ1) is 19.9. The Hall–Kier alpha value is -1.88. The summed E-state index contributed by atoms with van der Waals surface area (Å²) in [6, 6.07) is 9.34. The number of rotatable bonds is 6. The third-order valence-electron chi connectivity index (χ3n) is 5.73. The molecule has 148 valence electrons. The summed E-state index contributed by atoms with van der Waals surface area (Å²) >= 11 is 0. The predicted molar refractivity (Wildman–Crippen MR) is 107 cm³/mol. The Balaban J connectivity index is 1.69. The van der Waals surface area contributed by atoms with Crippen LogP contribution in [0.5, 0.6) is 0 Å². The molecule has 1 unspecified atom stereocenters. The van der Waals surface area contributed by atoms with E-state index in [0.717, 1.165) is 51.1 Å². The van der Waals surface area contributed by atoms with Crippen LogP contribution in [0.2, 0.25) is 0 Å². The van der Waals surface area contributed by atoms with Gasteiger partial charge in [0.15, 0.2) is 0 Å². The standard InChI is InChI=1S/C22H33N3O2/c1-18(2)11-13-23-14-16-24(17-15-23)22(27)21(19-8-4-3-5-9-19)25-12-7-6-10-20(25)26/h3-5,8-9,18,21H,6-7,10-17H2,1-2H3. The normalized spacial score (nSPS) is 20.2. The topological polar surface area (TPSA) is 43.9 Å². The van der Waals surface area contributed by atoms with E-state index in [2.05, 4.69) is 18.7 Å². The van der Waals surface area contributed by atoms with Crippen molar-refractivity contribution < 1.29 is 9.59 Å². The van der Waals surface area contributed by atoms with Gasteiger partial charge in [-0.2, -0.15) is 0 Å². The van der Waals surface area contributed by atoms with Crippen molar-refractivity contribution in [3.63, 3.8) is 0 Å². The molecule has 1 aromatic carbocycles. The van der Waals surface area contributed by atoms with Crippen LogP contribution in [0.3, 0.4) is 0 Å². The number of amides is 2. The maximum absolute atomic E-state index is 13.4.